The number of alkyl halides is 2. The number of amides is 1. The molecule has 1 amide bonds. The molecule has 1 atom stereocenters. The molecule has 1 unspecified atom stereocenters. The van der Waals surface area contributed by atoms with Crippen LogP contribution < -0.4 is 0 Å². The number of hydrogen-bond donors (Lipinski definition) is 1. The van der Waals surface area contributed by atoms with Crippen molar-refractivity contribution in [1.82, 2.24) is 10.0 Å². The Labute approximate surface area is 185 Å². The van der Waals surface area contributed by atoms with Gasteiger partial charge in [-0.05, 0) is 35.4 Å². The third-order valence-corrected chi connectivity index (χ3v) is 6.02. The number of halogens is 4. The molecular weight excluding hydrogens is 478 g/mol. The lowest BCUT2D eigenvalue weighted by Crippen LogP contribution is -2.44. The maximum atomic E-state index is 13.7. The number of fused-ring (bicyclic) bond motifs is 1. The minimum Gasteiger partial charge on any atom is -0.284 e. The first-order chi connectivity index (χ1) is 14.1. The Hall–Kier alpha value is -2.35. The number of hydrogen-bond acceptors (Lipinski definition) is 3. The second-order valence-corrected chi connectivity index (χ2v) is 8.63. The van der Waals surface area contributed by atoms with Crippen LogP contribution in [0.4, 0.5) is 8.78 Å². The van der Waals surface area contributed by atoms with Crippen LogP contribution in [0.5, 0.6) is 0 Å². The van der Waals surface area contributed by atoms with E-state index in [1.54, 1.807) is 30.3 Å². The molecule has 8 heteroatoms. The number of carbonyl (C=O) groups is 1. The number of benzene rings is 2. The highest BCUT2D eigenvalue weighted by atomic mass is 79.9. The van der Waals surface area contributed by atoms with Crippen molar-refractivity contribution in [2.45, 2.75) is 24.8 Å². The maximum Gasteiger partial charge on any atom is 0.278 e. The summed E-state index contributed by atoms with van der Waals surface area (Å²) >= 11 is 9.29. The summed E-state index contributed by atoms with van der Waals surface area (Å²) in [6.45, 7) is 0.819. The Morgan fingerprint density at radius 3 is 2.47 bits per heavy atom. The third-order valence-electron chi connectivity index (χ3n) is 5.31. The van der Waals surface area contributed by atoms with Gasteiger partial charge in [0.1, 0.15) is 5.54 Å². The number of nitrogens with zero attached hydrogens (tertiary/aromatic N) is 2. The fourth-order valence-electron chi connectivity index (χ4n) is 3.82. The molecule has 0 saturated carbocycles. The predicted molar refractivity (Wildman–Crippen MR) is 112 cm³/mol. The Morgan fingerprint density at radius 1 is 1.17 bits per heavy atom. The summed E-state index contributed by atoms with van der Waals surface area (Å²) in [6, 6.07) is 14.1. The molecule has 0 bridgehead atoms. The summed E-state index contributed by atoms with van der Waals surface area (Å²) in [7, 11) is 0. The average molecular weight is 494 g/mol. The highest BCUT2D eigenvalue weighted by Crippen LogP contribution is 2.46. The second kappa shape index (κ2) is 7.41. The highest BCUT2D eigenvalue weighted by Gasteiger charge is 2.51. The second-order valence-electron chi connectivity index (χ2n) is 7.28. The molecule has 4 rings (SSSR count). The van der Waals surface area contributed by atoms with Gasteiger partial charge in [0.15, 0.2) is 0 Å². The summed E-state index contributed by atoms with van der Waals surface area (Å²) in [5.74, 6) is -3.58. The van der Waals surface area contributed by atoms with Crippen molar-refractivity contribution in [3.05, 3.63) is 98.2 Å². The molecule has 154 valence electrons. The first kappa shape index (κ1) is 20.9. The SMILES string of the molecule is CC(F)(F)c1ccc(C2(Cc3ccc(Cl)cn3)c3ccc(Br)cc3C(=O)N2O)cc1. The number of pyridine rings is 1. The Bertz CT molecular complexity index is 1120. The van der Waals surface area contributed by atoms with E-state index in [9.17, 15) is 18.8 Å². The first-order valence-corrected chi connectivity index (χ1v) is 10.2. The van der Waals surface area contributed by atoms with Crippen molar-refractivity contribution in [2.75, 3.05) is 0 Å². The molecular formula is C22H16BrClF2N2O2. The molecule has 1 aliphatic heterocycles. The smallest absolute Gasteiger partial charge is 0.278 e. The van der Waals surface area contributed by atoms with Gasteiger partial charge < -0.3 is 0 Å². The van der Waals surface area contributed by atoms with Crippen LogP contribution in [0.25, 0.3) is 0 Å². The van der Waals surface area contributed by atoms with E-state index in [0.717, 1.165) is 6.92 Å². The maximum absolute atomic E-state index is 13.7. The standard InChI is InChI=1S/C22H16BrClF2N2O2/c1-21(25,26)13-2-4-14(5-3-13)22(11-17-8-7-16(24)12-27-17)19-9-6-15(23)10-18(19)20(29)28(22)30/h2-10,12,30H,11H2,1H3. The fourth-order valence-corrected chi connectivity index (χ4v) is 4.29. The summed E-state index contributed by atoms with van der Waals surface area (Å²) in [5, 5.41) is 12.1. The summed E-state index contributed by atoms with van der Waals surface area (Å²) < 4.78 is 28.1. The largest absolute Gasteiger partial charge is 0.284 e. The minimum absolute atomic E-state index is 0.128. The number of carbonyl (C=O) groups excluding carboxylic acids is 1. The zero-order valence-electron chi connectivity index (χ0n) is 15.7. The van der Waals surface area contributed by atoms with E-state index >= 15 is 0 Å². The summed E-state index contributed by atoms with van der Waals surface area (Å²) in [5.41, 5.74) is 0.471. The van der Waals surface area contributed by atoms with Crippen LogP contribution in [0.15, 0.2) is 65.3 Å². The van der Waals surface area contributed by atoms with Crippen molar-refractivity contribution in [3.63, 3.8) is 0 Å². The molecule has 1 aromatic heterocycles. The van der Waals surface area contributed by atoms with Crippen molar-refractivity contribution < 1.29 is 18.8 Å². The fraction of sp³-hybridized carbons (Fsp3) is 0.182. The van der Waals surface area contributed by atoms with E-state index in [2.05, 4.69) is 20.9 Å². The van der Waals surface area contributed by atoms with Crippen molar-refractivity contribution in [1.29, 1.82) is 0 Å². The van der Waals surface area contributed by atoms with E-state index in [1.165, 1.54) is 30.5 Å². The lowest BCUT2D eigenvalue weighted by Gasteiger charge is -2.35. The van der Waals surface area contributed by atoms with Crippen molar-refractivity contribution in [2.24, 2.45) is 0 Å². The van der Waals surface area contributed by atoms with Crippen LogP contribution in [0, 0.1) is 0 Å². The van der Waals surface area contributed by atoms with Gasteiger partial charge in [-0.3, -0.25) is 15.0 Å². The van der Waals surface area contributed by atoms with Gasteiger partial charge in [0, 0.05) is 40.8 Å². The minimum atomic E-state index is -3.00. The highest BCUT2D eigenvalue weighted by molar-refractivity contribution is 9.10. The molecule has 0 radical (unpaired) electrons. The van der Waals surface area contributed by atoms with Gasteiger partial charge in [-0.1, -0.05) is 57.9 Å². The molecule has 0 aliphatic carbocycles. The molecule has 3 aromatic rings. The van der Waals surface area contributed by atoms with Crippen LogP contribution in [0.2, 0.25) is 5.02 Å². The van der Waals surface area contributed by atoms with E-state index in [1.807, 2.05) is 0 Å². The Balaban J connectivity index is 1.93. The lowest BCUT2D eigenvalue weighted by atomic mass is 9.79. The van der Waals surface area contributed by atoms with Gasteiger partial charge in [0.25, 0.3) is 11.8 Å². The molecule has 2 heterocycles. The summed E-state index contributed by atoms with van der Waals surface area (Å²) in [6.07, 6.45) is 1.61. The van der Waals surface area contributed by atoms with Gasteiger partial charge in [-0.15, -0.1) is 0 Å². The van der Waals surface area contributed by atoms with E-state index < -0.39 is 17.4 Å². The molecule has 30 heavy (non-hydrogen) atoms. The van der Waals surface area contributed by atoms with Gasteiger partial charge in [-0.25, -0.2) is 13.8 Å². The first-order valence-electron chi connectivity index (χ1n) is 9.05. The normalized spacial score (nSPS) is 18.6. The van der Waals surface area contributed by atoms with Gasteiger partial charge in [0.05, 0.1) is 5.02 Å². The zero-order chi connectivity index (χ0) is 21.7. The van der Waals surface area contributed by atoms with Crippen LogP contribution in [-0.2, 0) is 17.9 Å². The molecule has 1 aliphatic rings. The molecule has 0 spiro atoms. The lowest BCUT2D eigenvalue weighted by molar-refractivity contribution is -0.114. The number of rotatable bonds is 4. The molecule has 0 fully saturated rings. The zero-order valence-corrected chi connectivity index (χ0v) is 18.1. The topological polar surface area (TPSA) is 53.4 Å². The Morgan fingerprint density at radius 2 is 1.87 bits per heavy atom. The monoisotopic (exact) mass is 492 g/mol. The molecule has 1 N–H and O–H groups in total. The number of hydroxylamine groups is 2. The van der Waals surface area contributed by atoms with Gasteiger partial charge in [0.2, 0.25) is 0 Å². The van der Waals surface area contributed by atoms with E-state index in [4.69, 9.17) is 11.6 Å². The van der Waals surface area contributed by atoms with E-state index in [-0.39, 0.29) is 12.0 Å². The van der Waals surface area contributed by atoms with Crippen LogP contribution >= 0.6 is 27.5 Å². The Kier molecular flexibility index (Phi) is 5.16. The third kappa shape index (κ3) is 3.41. The molecule has 4 nitrogen and oxygen atoms in total. The van der Waals surface area contributed by atoms with Gasteiger partial charge in [-0.2, -0.15) is 0 Å². The average Bonchev–Trinajstić information content (AvgIpc) is 2.91. The molecule has 2 aromatic carbocycles. The van der Waals surface area contributed by atoms with Crippen LogP contribution in [0.3, 0.4) is 0 Å². The van der Waals surface area contributed by atoms with Crippen LogP contribution in [0.1, 0.15) is 39.7 Å². The summed E-state index contributed by atoms with van der Waals surface area (Å²) in [4.78, 5) is 17.2. The number of aromatic nitrogens is 1. The van der Waals surface area contributed by atoms with Crippen LogP contribution in [-0.4, -0.2) is 21.2 Å². The van der Waals surface area contributed by atoms with Gasteiger partial charge >= 0.3 is 0 Å². The van der Waals surface area contributed by atoms with Crippen molar-refractivity contribution >= 4 is 33.4 Å². The van der Waals surface area contributed by atoms with Crippen molar-refractivity contribution in [3.8, 4) is 0 Å². The predicted octanol–water partition coefficient (Wildman–Crippen LogP) is 5.94. The quantitative estimate of drug-likeness (QED) is 0.458. The van der Waals surface area contributed by atoms with E-state index in [0.29, 0.717) is 36.9 Å². The molecule has 0 saturated heterocycles.